The van der Waals surface area contributed by atoms with Crippen molar-refractivity contribution in [2.24, 2.45) is 10.9 Å². The third-order valence-corrected chi connectivity index (χ3v) is 6.37. The summed E-state index contributed by atoms with van der Waals surface area (Å²) in [5.41, 5.74) is 2.37. The molecule has 0 aromatic heterocycles. The van der Waals surface area contributed by atoms with Crippen LogP contribution in [0, 0.1) is 5.92 Å². The minimum absolute atomic E-state index is 0.102. The van der Waals surface area contributed by atoms with Crippen LogP contribution in [0.2, 0.25) is 5.02 Å². The molecule has 0 spiro atoms. The van der Waals surface area contributed by atoms with E-state index in [2.05, 4.69) is 4.99 Å². The van der Waals surface area contributed by atoms with Crippen LogP contribution >= 0.6 is 11.6 Å². The number of methoxy groups -OCH3 is 1. The van der Waals surface area contributed by atoms with E-state index in [9.17, 15) is 19.2 Å². The molecular weight excluding hydrogens is 472 g/mol. The molecule has 0 aliphatic carbocycles. The Balaban J connectivity index is 1.57. The standard InChI is InChI=1S/C26H23ClN2O6/c1-14-20(25(32)34-3)22(16-7-6-8-17(27)13-16)21(15(2)28-14)26(33)35-12-11-29-23(30)18-9-4-5-10-19(18)24(29)31/h4-10,13,20,22H,11-12H2,1-3H3. The molecule has 0 fully saturated rings. The number of esters is 2. The van der Waals surface area contributed by atoms with Crippen molar-refractivity contribution in [2.75, 3.05) is 20.3 Å². The molecule has 2 heterocycles. The lowest BCUT2D eigenvalue weighted by atomic mass is 9.75. The van der Waals surface area contributed by atoms with Gasteiger partial charge in [-0.3, -0.25) is 24.3 Å². The summed E-state index contributed by atoms with van der Waals surface area (Å²) in [6.45, 7) is 3.05. The quantitative estimate of drug-likeness (QED) is 0.447. The highest BCUT2D eigenvalue weighted by atomic mass is 35.5. The second-order valence-electron chi connectivity index (χ2n) is 8.23. The zero-order chi connectivity index (χ0) is 25.3. The largest absolute Gasteiger partial charge is 0.468 e. The summed E-state index contributed by atoms with van der Waals surface area (Å²) in [4.78, 5) is 56.6. The van der Waals surface area contributed by atoms with E-state index in [1.807, 2.05) is 0 Å². The number of benzene rings is 2. The van der Waals surface area contributed by atoms with Gasteiger partial charge in [0.05, 0.1) is 30.4 Å². The van der Waals surface area contributed by atoms with E-state index in [1.54, 1.807) is 62.4 Å². The molecule has 2 amide bonds. The summed E-state index contributed by atoms with van der Waals surface area (Å²) in [5.74, 6) is -3.68. The molecule has 2 aromatic carbocycles. The number of nitrogens with zero attached hydrogens (tertiary/aromatic N) is 2. The molecule has 2 aromatic rings. The summed E-state index contributed by atoms with van der Waals surface area (Å²) in [6.07, 6.45) is 0. The number of halogens is 1. The van der Waals surface area contributed by atoms with Crippen LogP contribution in [0.15, 0.2) is 64.8 Å². The molecule has 4 rings (SSSR count). The van der Waals surface area contributed by atoms with Crippen LogP contribution in [-0.4, -0.2) is 54.6 Å². The maximum absolute atomic E-state index is 13.3. The molecule has 0 radical (unpaired) electrons. The van der Waals surface area contributed by atoms with Gasteiger partial charge in [-0.05, 0) is 43.7 Å². The van der Waals surface area contributed by atoms with Gasteiger partial charge in [0.1, 0.15) is 12.5 Å². The van der Waals surface area contributed by atoms with E-state index in [0.29, 0.717) is 33.1 Å². The fourth-order valence-corrected chi connectivity index (χ4v) is 4.74. The highest BCUT2D eigenvalue weighted by Crippen LogP contribution is 2.40. The number of hydrogen-bond donors (Lipinski definition) is 0. The van der Waals surface area contributed by atoms with Crippen molar-refractivity contribution >= 4 is 41.1 Å². The van der Waals surface area contributed by atoms with Gasteiger partial charge in [0.2, 0.25) is 0 Å². The molecule has 2 aliphatic heterocycles. The summed E-state index contributed by atoms with van der Waals surface area (Å²) in [5, 5.41) is 0.447. The molecule has 0 N–H and O–H groups in total. The Morgan fingerprint density at radius 2 is 1.69 bits per heavy atom. The van der Waals surface area contributed by atoms with E-state index in [0.717, 1.165) is 4.90 Å². The van der Waals surface area contributed by atoms with Crippen molar-refractivity contribution in [3.05, 3.63) is 81.5 Å². The number of aliphatic imine (C=N–C) groups is 1. The van der Waals surface area contributed by atoms with Crippen molar-refractivity contribution in [1.82, 2.24) is 4.90 Å². The first-order valence-electron chi connectivity index (χ1n) is 11.0. The van der Waals surface area contributed by atoms with Crippen LogP contribution in [0.5, 0.6) is 0 Å². The minimum Gasteiger partial charge on any atom is -0.468 e. The third-order valence-electron chi connectivity index (χ3n) is 6.14. The van der Waals surface area contributed by atoms with E-state index >= 15 is 0 Å². The van der Waals surface area contributed by atoms with Crippen LogP contribution in [0.3, 0.4) is 0 Å². The second-order valence-corrected chi connectivity index (χ2v) is 8.67. The van der Waals surface area contributed by atoms with Gasteiger partial charge < -0.3 is 9.47 Å². The predicted octanol–water partition coefficient (Wildman–Crippen LogP) is 3.80. The summed E-state index contributed by atoms with van der Waals surface area (Å²) < 4.78 is 10.5. The Morgan fingerprint density at radius 1 is 1.03 bits per heavy atom. The molecule has 2 atom stereocenters. The number of fused-ring (bicyclic) bond motifs is 1. The lowest BCUT2D eigenvalue weighted by molar-refractivity contribution is -0.144. The monoisotopic (exact) mass is 494 g/mol. The zero-order valence-corrected chi connectivity index (χ0v) is 20.2. The fraction of sp³-hybridized carbons (Fsp3) is 0.269. The first-order chi connectivity index (χ1) is 16.7. The van der Waals surface area contributed by atoms with Crippen molar-refractivity contribution in [3.63, 3.8) is 0 Å². The molecule has 0 saturated heterocycles. The number of hydrogen-bond acceptors (Lipinski definition) is 7. The van der Waals surface area contributed by atoms with Gasteiger partial charge in [-0.25, -0.2) is 4.79 Å². The predicted molar refractivity (Wildman–Crippen MR) is 128 cm³/mol. The molecule has 8 nitrogen and oxygen atoms in total. The summed E-state index contributed by atoms with van der Waals surface area (Å²) in [7, 11) is 1.27. The lowest BCUT2D eigenvalue weighted by Gasteiger charge is -2.31. The van der Waals surface area contributed by atoms with Crippen LogP contribution in [0.25, 0.3) is 0 Å². The van der Waals surface area contributed by atoms with Gasteiger partial charge in [0.25, 0.3) is 11.8 Å². The number of carbonyl (C=O) groups excluding carboxylic acids is 4. The van der Waals surface area contributed by atoms with Crippen molar-refractivity contribution in [3.8, 4) is 0 Å². The highest BCUT2D eigenvalue weighted by Gasteiger charge is 2.42. The van der Waals surface area contributed by atoms with Gasteiger partial charge in [0.15, 0.2) is 0 Å². The van der Waals surface area contributed by atoms with Crippen LogP contribution < -0.4 is 0 Å². The molecule has 180 valence electrons. The Bertz CT molecular complexity index is 1260. The number of carbonyl (C=O) groups is 4. The Morgan fingerprint density at radius 3 is 2.29 bits per heavy atom. The van der Waals surface area contributed by atoms with E-state index in [1.165, 1.54) is 7.11 Å². The SMILES string of the molecule is COC(=O)C1C(C)=NC(C)=C(C(=O)OCCN2C(=O)c3ccccc3C2=O)C1c1cccc(Cl)c1. The van der Waals surface area contributed by atoms with Crippen LogP contribution in [-0.2, 0) is 19.1 Å². The van der Waals surface area contributed by atoms with Crippen molar-refractivity contribution in [1.29, 1.82) is 0 Å². The van der Waals surface area contributed by atoms with E-state index in [-0.39, 0.29) is 18.7 Å². The average Bonchev–Trinajstić information content (AvgIpc) is 3.08. The molecule has 0 saturated carbocycles. The van der Waals surface area contributed by atoms with Crippen LogP contribution in [0.1, 0.15) is 46.0 Å². The molecule has 2 unspecified atom stereocenters. The normalized spacial score (nSPS) is 19.4. The topological polar surface area (TPSA) is 102 Å². The van der Waals surface area contributed by atoms with Gasteiger partial charge in [-0.15, -0.1) is 0 Å². The van der Waals surface area contributed by atoms with Crippen LogP contribution in [0.4, 0.5) is 0 Å². The number of imide groups is 1. The zero-order valence-electron chi connectivity index (χ0n) is 19.4. The van der Waals surface area contributed by atoms with Crippen molar-refractivity contribution < 1.29 is 28.7 Å². The molecular formula is C26H23ClN2O6. The number of rotatable bonds is 6. The molecule has 2 aliphatic rings. The number of allylic oxidation sites excluding steroid dienone is 1. The summed E-state index contributed by atoms with van der Waals surface area (Å²) >= 11 is 6.20. The van der Waals surface area contributed by atoms with Crippen molar-refractivity contribution in [2.45, 2.75) is 19.8 Å². The van der Waals surface area contributed by atoms with E-state index < -0.39 is 35.6 Å². The fourth-order valence-electron chi connectivity index (χ4n) is 4.54. The maximum atomic E-state index is 13.3. The molecule has 9 heteroatoms. The smallest absolute Gasteiger partial charge is 0.336 e. The molecule has 35 heavy (non-hydrogen) atoms. The second kappa shape index (κ2) is 9.84. The Labute approximate surface area is 207 Å². The highest BCUT2D eigenvalue weighted by molar-refractivity contribution is 6.30. The van der Waals surface area contributed by atoms with E-state index in [4.69, 9.17) is 21.1 Å². The number of ether oxygens (including phenoxy) is 2. The lowest BCUT2D eigenvalue weighted by Crippen LogP contribution is -2.37. The maximum Gasteiger partial charge on any atom is 0.336 e. The third kappa shape index (κ3) is 4.49. The number of amides is 2. The Kier molecular flexibility index (Phi) is 6.84. The Hall–Kier alpha value is -3.78. The first kappa shape index (κ1) is 24.3. The average molecular weight is 495 g/mol. The molecule has 0 bridgehead atoms. The van der Waals surface area contributed by atoms with Gasteiger partial charge in [0, 0.05) is 22.3 Å². The first-order valence-corrected chi connectivity index (χ1v) is 11.3. The van der Waals surface area contributed by atoms with Gasteiger partial charge in [-0.2, -0.15) is 0 Å². The minimum atomic E-state index is -0.846. The van der Waals surface area contributed by atoms with Gasteiger partial charge in [-0.1, -0.05) is 35.9 Å². The summed E-state index contributed by atoms with van der Waals surface area (Å²) in [6, 6.07) is 13.4. The van der Waals surface area contributed by atoms with Gasteiger partial charge >= 0.3 is 11.9 Å².